The quantitative estimate of drug-likeness (QED) is 0.874. The van der Waals surface area contributed by atoms with Gasteiger partial charge in [0.05, 0.1) is 11.6 Å². The minimum Gasteiger partial charge on any atom is -0.493 e. The number of hydrogen-bond acceptors (Lipinski definition) is 3. The zero-order chi connectivity index (χ0) is 14.7. The van der Waals surface area contributed by atoms with E-state index in [0.29, 0.717) is 37.4 Å². The van der Waals surface area contributed by atoms with Crippen LogP contribution in [0.1, 0.15) is 30.4 Å². The molecule has 1 unspecified atom stereocenters. The molecule has 2 rings (SSSR count). The molecule has 20 heavy (non-hydrogen) atoms. The highest BCUT2D eigenvalue weighted by Gasteiger charge is 2.31. The standard InChI is InChI=1S/C14H18ClFN2O2/c1-2-20-14-8(3-4-17)5-10(15)13(16)12(14)9-6-11(19)18-7-9/h5,9H,2-4,6-7,17H2,1H3,(H,18,19). The summed E-state index contributed by atoms with van der Waals surface area (Å²) in [5.74, 6) is -0.352. The lowest BCUT2D eigenvalue weighted by atomic mass is 9.93. The number of amides is 1. The monoisotopic (exact) mass is 300 g/mol. The van der Waals surface area contributed by atoms with Crippen molar-refractivity contribution in [2.24, 2.45) is 5.73 Å². The summed E-state index contributed by atoms with van der Waals surface area (Å²) >= 11 is 5.96. The van der Waals surface area contributed by atoms with Gasteiger partial charge in [0, 0.05) is 24.4 Å². The van der Waals surface area contributed by atoms with Crippen LogP contribution in [0.5, 0.6) is 5.75 Å². The molecular formula is C14H18ClFN2O2. The molecule has 1 aromatic rings. The molecule has 6 heteroatoms. The van der Waals surface area contributed by atoms with Crippen LogP contribution in [0.2, 0.25) is 5.02 Å². The summed E-state index contributed by atoms with van der Waals surface area (Å²) in [5, 5.41) is 2.75. The molecule has 1 fully saturated rings. The van der Waals surface area contributed by atoms with E-state index in [9.17, 15) is 9.18 Å². The molecule has 0 saturated carbocycles. The van der Waals surface area contributed by atoms with Gasteiger partial charge in [0.2, 0.25) is 5.91 Å². The van der Waals surface area contributed by atoms with Gasteiger partial charge in [-0.05, 0) is 31.5 Å². The lowest BCUT2D eigenvalue weighted by Crippen LogP contribution is -2.15. The van der Waals surface area contributed by atoms with Gasteiger partial charge in [0.25, 0.3) is 0 Å². The van der Waals surface area contributed by atoms with Gasteiger partial charge < -0.3 is 15.8 Å². The highest BCUT2D eigenvalue weighted by Crippen LogP contribution is 2.39. The van der Waals surface area contributed by atoms with Crippen molar-refractivity contribution in [3.63, 3.8) is 0 Å². The first-order valence-corrected chi connectivity index (χ1v) is 7.06. The van der Waals surface area contributed by atoms with E-state index < -0.39 is 5.82 Å². The molecule has 1 aliphatic heterocycles. The van der Waals surface area contributed by atoms with Crippen LogP contribution in [-0.2, 0) is 11.2 Å². The maximum absolute atomic E-state index is 14.4. The smallest absolute Gasteiger partial charge is 0.220 e. The normalized spacial score (nSPS) is 18.2. The van der Waals surface area contributed by atoms with Crippen molar-refractivity contribution in [1.82, 2.24) is 5.32 Å². The molecule has 4 nitrogen and oxygen atoms in total. The Hall–Kier alpha value is -1.33. The van der Waals surface area contributed by atoms with Crippen LogP contribution >= 0.6 is 11.6 Å². The van der Waals surface area contributed by atoms with E-state index in [1.165, 1.54) is 0 Å². The predicted octanol–water partition coefficient (Wildman–Crippen LogP) is 1.98. The second-order valence-corrected chi connectivity index (χ2v) is 5.16. The molecule has 1 aliphatic rings. The van der Waals surface area contributed by atoms with Crippen molar-refractivity contribution in [2.75, 3.05) is 19.7 Å². The molecule has 0 radical (unpaired) electrons. The molecule has 1 amide bonds. The Morgan fingerprint density at radius 3 is 2.90 bits per heavy atom. The molecule has 110 valence electrons. The number of carbonyl (C=O) groups excluding carboxylic acids is 1. The SMILES string of the molecule is CCOc1c(CCN)cc(Cl)c(F)c1C1CNC(=O)C1. The van der Waals surface area contributed by atoms with Crippen molar-refractivity contribution < 1.29 is 13.9 Å². The van der Waals surface area contributed by atoms with Gasteiger partial charge in [-0.2, -0.15) is 0 Å². The second-order valence-electron chi connectivity index (χ2n) is 4.75. The third-order valence-electron chi connectivity index (χ3n) is 3.37. The fraction of sp³-hybridized carbons (Fsp3) is 0.500. The predicted molar refractivity (Wildman–Crippen MR) is 75.7 cm³/mol. The summed E-state index contributed by atoms with van der Waals surface area (Å²) in [5.41, 5.74) is 6.76. The van der Waals surface area contributed by atoms with Crippen LogP contribution in [0.3, 0.4) is 0 Å². The van der Waals surface area contributed by atoms with Gasteiger partial charge >= 0.3 is 0 Å². The molecule has 0 spiro atoms. The third kappa shape index (κ3) is 2.88. The summed E-state index contributed by atoms with van der Waals surface area (Å²) in [6.07, 6.45) is 0.801. The Morgan fingerprint density at radius 1 is 1.60 bits per heavy atom. The first-order chi connectivity index (χ1) is 9.58. The van der Waals surface area contributed by atoms with E-state index in [1.807, 2.05) is 6.92 Å². The maximum Gasteiger partial charge on any atom is 0.220 e. The number of rotatable bonds is 5. The minimum absolute atomic E-state index is 0.0475. The molecule has 1 saturated heterocycles. The van der Waals surface area contributed by atoms with Gasteiger partial charge in [-0.15, -0.1) is 0 Å². The van der Waals surface area contributed by atoms with Crippen LogP contribution in [0.25, 0.3) is 0 Å². The van der Waals surface area contributed by atoms with Crippen LogP contribution in [0, 0.1) is 5.82 Å². The molecule has 3 N–H and O–H groups in total. The molecular weight excluding hydrogens is 283 g/mol. The fourth-order valence-electron chi connectivity index (χ4n) is 2.51. The number of nitrogens with one attached hydrogen (secondary N) is 1. The number of hydrogen-bond donors (Lipinski definition) is 2. The summed E-state index contributed by atoms with van der Waals surface area (Å²) in [6, 6.07) is 1.56. The van der Waals surface area contributed by atoms with Crippen LogP contribution < -0.4 is 15.8 Å². The van der Waals surface area contributed by atoms with E-state index in [4.69, 9.17) is 22.1 Å². The van der Waals surface area contributed by atoms with Crippen molar-refractivity contribution >= 4 is 17.5 Å². The van der Waals surface area contributed by atoms with Gasteiger partial charge in [-0.25, -0.2) is 4.39 Å². The van der Waals surface area contributed by atoms with Crippen molar-refractivity contribution in [1.29, 1.82) is 0 Å². The largest absolute Gasteiger partial charge is 0.493 e. The lowest BCUT2D eigenvalue weighted by Gasteiger charge is -2.20. The lowest BCUT2D eigenvalue weighted by molar-refractivity contribution is -0.119. The molecule has 1 aromatic carbocycles. The summed E-state index contributed by atoms with van der Waals surface area (Å²) in [7, 11) is 0. The van der Waals surface area contributed by atoms with Gasteiger partial charge in [-0.3, -0.25) is 4.79 Å². The molecule has 0 aliphatic carbocycles. The summed E-state index contributed by atoms with van der Waals surface area (Å²) in [4.78, 5) is 11.4. The molecule has 0 bridgehead atoms. The van der Waals surface area contributed by atoms with Crippen molar-refractivity contribution in [2.45, 2.75) is 25.7 Å². The fourth-order valence-corrected chi connectivity index (χ4v) is 2.75. The first-order valence-electron chi connectivity index (χ1n) is 6.68. The molecule has 1 heterocycles. The number of ether oxygens (including phenoxy) is 1. The molecule has 0 aromatic heterocycles. The van der Waals surface area contributed by atoms with Gasteiger partial charge in [-0.1, -0.05) is 11.6 Å². The van der Waals surface area contributed by atoms with Crippen molar-refractivity contribution in [3.05, 3.63) is 28.0 Å². The average Bonchev–Trinajstić information content (AvgIpc) is 2.82. The number of halogens is 2. The Balaban J connectivity index is 2.52. The Labute approximate surface area is 122 Å². The van der Waals surface area contributed by atoms with Gasteiger partial charge in [0.1, 0.15) is 11.6 Å². The van der Waals surface area contributed by atoms with Crippen LogP contribution in [0.15, 0.2) is 6.07 Å². The van der Waals surface area contributed by atoms with Gasteiger partial charge in [0.15, 0.2) is 0 Å². The zero-order valence-corrected chi connectivity index (χ0v) is 12.1. The number of nitrogens with two attached hydrogens (primary N) is 1. The van der Waals surface area contributed by atoms with Crippen molar-refractivity contribution in [3.8, 4) is 5.75 Å². The topological polar surface area (TPSA) is 64.3 Å². The second kappa shape index (κ2) is 6.41. The van der Waals surface area contributed by atoms with E-state index in [2.05, 4.69) is 5.32 Å². The Kier molecular flexibility index (Phi) is 4.83. The maximum atomic E-state index is 14.4. The molecule has 1 atom stereocenters. The number of carbonyl (C=O) groups is 1. The average molecular weight is 301 g/mol. The van der Waals surface area contributed by atoms with Crippen LogP contribution in [0.4, 0.5) is 4.39 Å². The number of benzene rings is 1. The van der Waals surface area contributed by atoms with Crippen LogP contribution in [-0.4, -0.2) is 25.6 Å². The zero-order valence-electron chi connectivity index (χ0n) is 11.3. The minimum atomic E-state index is -0.502. The highest BCUT2D eigenvalue weighted by molar-refractivity contribution is 6.31. The van der Waals surface area contributed by atoms with E-state index in [0.717, 1.165) is 5.56 Å². The van der Waals surface area contributed by atoms with E-state index in [-0.39, 0.29) is 23.3 Å². The van der Waals surface area contributed by atoms with E-state index >= 15 is 0 Å². The van der Waals surface area contributed by atoms with E-state index in [1.54, 1.807) is 6.07 Å². The Bertz CT molecular complexity index is 522. The highest BCUT2D eigenvalue weighted by atomic mass is 35.5. The summed E-state index contributed by atoms with van der Waals surface area (Å²) in [6.45, 7) is 3.07. The summed E-state index contributed by atoms with van der Waals surface area (Å²) < 4.78 is 20.0. The Morgan fingerprint density at radius 2 is 2.35 bits per heavy atom. The first kappa shape index (κ1) is 15.1. The third-order valence-corrected chi connectivity index (χ3v) is 3.65.